The Bertz CT molecular complexity index is 526. The minimum Gasteiger partial charge on any atom is -0.388 e. The van der Waals surface area contributed by atoms with Crippen LogP contribution in [0, 0.1) is 13.8 Å². The van der Waals surface area contributed by atoms with E-state index in [2.05, 4.69) is 20.6 Å². The fourth-order valence-electron chi connectivity index (χ4n) is 2.47. The highest BCUT2D eigenvalue weighted by atomic mass is 19.4. The van der Waals surface area contributed by atoms with E-state index in [1.165, 1.54) is 6.92 Å². The zero-order valence-corrected chi connectivity index (χ0v) is 12.7. The summed E-state index contributed by atoms with van der Waals surface area (Å²) >= 11 is 0. The van der Waals surface area contributed by atoms with Crippen molar-refractivity contribution in [3.63, 3.8) is 0 Å². The molecule has 1 atom stereocenters. The second-order valence-electron chi connectivity index (χ2n) is 5.79. The van der Waals surface area contributed by atoms with Gasteiger partial charge in [-0.05, 0) is 46.2 Å². The highest BCUT2D eigenvalue weighted by molar-refractivity contribution is 5.46. The van der Waals surface area contributed by atoms with Gasteiger partial charge in [-0.15, -0.1) is 0 Å². The molecule has 124 valence electrons. The van der Waals surface area contributed by atoms with E-state index in [0.29, 0.717) is 24.9 Å². The normalized spacial score (nSPS) is 23.2. The van der Waals surface area contributed by atoms with Crippen LogP contribution >= 0.6 is 0 Å². The molecular formula is C14H21F3N4O. The summed E-state index contributed by atoms with van der Waals surface area (Å²) in [5, 5.41) is 16.6. The van der Waals surface area contributed by atoms with Crippen molar-refractivity contribution in [1.29, 1.82) is 0 Å². The molecule has 0 saturated carbocycles. The minimum absolute atomic E-state index is 0.130. The zero-order valence-electron chi connectivity index (χ0n) is 12.7. The Kier molecular flexibility index (Phi) is 4.91. The first kappa shape index (κ1) is 17.0. The number of halogens is 3. The lowest BCUT2D eigenvalue weighted by Gasteiger charge is -2.27. The van der Waals surface area contributed by atoms with E-state index < -0.39 is 17.6 Å². The molecule has 5 nitrogen and oxygen atoms in total. The maximum absolute atomic E-state index is 12.8. The van der Waals surface area contributed by atoms with Gasteiger partial charge in [-0.3, -0.25) is 0 Å². The lowest BCUT2D eigenvalue weighted by molar-refractivity contribution is -0.145. The Morgan fingerprint density at radius 2 is 1.95 bits per heavy atom. The van der Waals surface area contributed by atoms with Crippen LogP contribution in [-0.4, -0.2) is 40.3 Å². The average molecular weight is 318 g/mol. The minimum atomic E-state index is -4.59. The van der Waals surface area contributed by atoms with Crippen LogP contribution in [-0.2, 0) is 6.18 Å². The van der Waals surface area contributed by atoms with E-state index in [1.54, 1.807) is 6.92 Å². The Labute approximate surface area is 127 Å². The summed E-state index contributed by atoms with van der Waals surface area (Å²) in [6.07, 6.45) is -2.61. The van der Waals surface area contributed by atoms with Crippen molar-refractivity contribution >= 4 is 5.82 Å². The molecule has 2 heterocycles. The summed E-state index contributed by atoms with van der Waals surface area (Å²) < 4.78 is 38.4. The number of aliphatic hydroxyl groups is 1. The molecule has 3 N–H and O–H groups in total. The first-order valence-electron chi connectivity index (χ1n) is 7.31. The van der Waals surface area contributed by atoms with Gasteiger partial charge in [0.2, 0.25) is 5.82 Å². The molecule has 2 rings (SSSR count). The SMILES string of the molecule is Cc1nc(C(F)(F)F)nc(NCC2(O)CCCNCC2)c1C. The van der Waals surface area contributed by atoms with E-state index in [4.69, 9.17) is 0 Å². The topological polar surface area (TPSA) is 70.1 Å². The van der Waals surface area contributed by atoms with Gasteiger partial charge in [0.15, 0.2) is 0 Å². The number of nitrogens with zero attached hydrogens (tertiary/aromatic N) is 2. The predicted molar refractivity (Wildman–Crippen MR) is 76.7 cm³/mol. The molecule has 22 heavy (non-hydrogen) atoms. The molecule has 1 aliphatic heterocycles. The summed E-state index contributed by atoms with van der Waals surface area (Å²) in [5.74, 6) is -1.03. The van der Waals surface area contributed by atoms with Crippen molar-refractivity contribution < 1.29 is 18.3 Å². The molecule has 0 amide bonds. The number of rotatable bonds is 3. The number of nitrogens with one attached hydrogen (secondary N) is 2. The predicted octanol–water partition coefficient (Wildman–Crippen LogP) is 2.03. The summed E-state index contributed by atoms with van der Waals surface area (Å²) in [4.78, 5) is 7.05. The smallest absolute Gasteiger partial charge is 0.388 e. The van der Waals surface area contributed by atoms with Gasteiger partial charge in [-0.1, -0.05) is 0 Å². The molecule has 1 fully saturated rings. The average Bonchev–Trinajstić information content (AvgIpc) is 2.64. The fourth-order valence-corrected chi connectivity index (χ4v) is 2.47. The monoisotopic (exact) mass is 318 g/mol. The van der Waals surface area contributed by atoms with Crippen LogP contribution in [0.4, 0.5) is 19.0 Å². The number of anilines is 1. The molecule has 0 spiro atoms. The molecule has 1 saturated heterocycles. The van der Waals surface area contributed by atoms with E-state index in [9.17, 15) is 18.3 Å². The number of hydrogen-bond acceptors (Lipinski definition) is 5. The molecule has 0 aliphatic carbocycles. The number of aromatic nitrogens is 2. The van der Waals surface area contributed by atoms with Gasteiger partial charge >= 0.3 is 6.18 Å². The van der Waals surface area contributed by atoms with E-state index in [-0.39, 0.29) is 18.1 Å². The summed E-state index contributed by atoms with van der Waals surface area (Å²) in [5.41, 5.74) is -0.101. The van der Waals surface area contributed by atoms with Crippen LogP contribution in [0.1, 0.15) is 36.3 Å². The van der Waals surface area contributed by atoms with E-state index >= 15 is 0 Å². The highest BCUT2D eigenvalue weighted by Gasteiger charge is 2.36. The second kappa shape index (κ2) is 6.37. The van der Waals surface area contributed by atoms with Crippen LogP contribution in [0.25, 0.3) is 0 Å². The first-order chi connectivity index (χ1) is 10.2. The summed E-state index contributed by atoms with van der Waals surface area (Å²) in [6.45, 7) is 4.88. The van der Waals surface area contributed by atoms with Crippen LogP contribution in [0.5, 0.6) is 0 Å². The largest absolute Gasteiger partial charge is 0.451 e. The second-order valence-corrected chi connectivity index (χ2v) is 5.79. The molecule has 1 unspecified atom stereocenters. The van der Waals surface area contributed by atoms with Crippen molar-refractivity contribution in [3.8, 4) is 0 Å². The van der Waals surface area contributed by atoms with E-state index in [0.717, 1.165) is 13.0 Å². The molecule has 8 heteroatoms. The maximum Gasteiger partial charge on any atom is 0.451 e. The summed E-state index contributed by atoms with van der Waals surface area (Å²) in [6, 6.07) is 0. The Hall–Kier alpha value is -1.41. The van der Waals surface area contributed by atoms with Gasteiger partial charge < -0.3 is 15.7 Å². The third-order valence-corrected chi connectivity index (χ3v) is 3.99. The third kappa shape index (κ3) is 4.07. The first-order valence-corrected chi connectivity index (χ1v) is 7.31. The van der Waals surface area contributed by atoms with Gasteiger partial charge in [-0.25, -0.2) is 9.97 Å². The van der Waals surface area contributed by atoms with Crippen LogP contribution in [0.15, 0.2) is 0 Å². The van der Waals surface area contributed by atoms with Gasteiger partial charge in [0, 0.05) is 17.8 Å². The van der Waals surface area contributed by atoms with Gasteiger partial charge in [-0.2, -0.15) is 13.2 Å². The summed E-state index contributed by atoms with van der Waals surface area (Å²) in [7, 11) is 0. The molecule has 1 aliphatic rings. The third-order valence-electron chi connectivity index (χ3n) is 3.99. The Balaban J connectivity index is 2.16. The molecule has 0 aromatic carbocycles. The van der Waals surface area contributed by atoms with Crippen molar-refractivity contribution in [2.45, 2.75) is 44.9 Å². The molecule has 0 bridgehead atoms. The van der Waals surface area contributed by atoms with Crippen LogP contribution in [0.3, 0.4) is 0 Å². The molecular weight excluding hydrogens is 297 g/mol. The standard InChI is InChI=1S/C14H21F3N4O/c1-9-10(2)20-12(14(15,16)17)21-11(9)19-8-13(22)4-3-6-18-7-5-13/h18,22H,3-8H2,1-2H3,(H,19,20,21). The number of alkyl halides is 3. The molecule has 1 aromatic rings. The fraction of sp³-hybridized carbons (Fsp3) is 0.714. The lowest BCUT2D eigenvalue weighted by Crippen LogP contribution is -2.38. The van der Waals surface area contributed by atoms with E-state index in [1.807, 2.05) is 0 Å². The quantitative estimate of drug-likeness (QED) is 0.795. The van der Waals surface area contributed by atoms with Crippen molar-refractivity contribution in [2.75, 3.05) is 25.0 Å². The van der Waals surface area contributed by atoms with Crippen molar-refractivity contribution in [3.05, 3.63) is 17.1 Å². The van der Waals surface area contributed by atoms with Crippen molar-refractivity contribution in [1.82, 2.24) is 15.3 Å². The molecule has 1 aromatic heterocycles. The van der Waals surface area contributed by atoms with Gasteiger partial charge in [0.25, 0.3) is 0 Å². The molecule has 0 radical (unpaired) electrons. The Morgan fingerprint density at radius 3 is 2.64 bits per heavy atom. The van der Waals surface area contributed by atoms with Crippen LogP contribution < -0.4 is 10.6 Å². The highest BCUT2D eigenvalue weighted by Crippen LogP contribution is 2.29. The number of hydrogen-bond donors (Lipinski definition) is 3. The van der Waals surface area contributed by atoms with Crippen molar-refractivity contribution in [2.24, 2.45) is 0 Å². The van der Waals surface area contributed by atoms with Gasteiger partial charge in [0.1, 0.15) is 5.82 Å². The Morgan fingerprint density at radius 1 is 1.23 bits per heavy atom. The maximum atomic E-state index is 12.8. The number of aryl methyl sites for hydroxylation is 1. The zero-order chi connectivity index (χ0) is 16.4. The van der Waals surface area contributed by atoms with Gasteiger partial charge in [0.05, 0.1) is 5.60 Å². The lowest BCUT2D eigenvalue weighted by atomic mass is 9.95. The van der Waals surface area contributed by atoms with Crippen LogP contribution in [0.2, 0.25) is 0 Å².